The fourth-order valence-electron chi connectivity index (χ4n) is 2.99. The van der Waals surface area contributed by atoms with Gasteiger partial charge in [0, 0.05) is 23.5 Å². The number of alkyl halides is 3. The van der Waals surface area contributed by atoms with Gasteiger partial charge in [0.2, 0.25) is 5.88 Å². The molecule has 0 atom stereocenters. The molecule has 31 heavy (non-hydrogen) atoms. The maximum absolute atomic E-state index is 13.8. The summed E-state index contributed by atoms with van der Waals surface area (Å²) in [6, 6.07) is 1.86. The van der Waals surface area contributed by atoms with Gasteiger partial charge in [0.05, 0.1) is 17.6 Å². The summed E-state index contributed by atoms with van der Waals surface area (Å²) >= 11 is 0. The molecule has 2 aromatic rings. The highest BCUT2D eigenvalue weighted by atomic mass is 19.4. The molecule has 0 aromatic carbocycles. The number of nitrogens with one attached hydrogen (secondary N) is 1. The smallest absolute Gasteiger partial charge is 0.417 e. The first-order valence-corrected chi connectivity index (χ1v) is 9.54. The molecule has 0 aliphatic carbocycles. The Morgan fingerprint density at radius 2 is 2.00 bits per heavy atom. The summed E-state index contributed by atoms with van der Waals surface area (Å²) in [5.41, 5.74) is -1.11. The predicted molar refractivity (Wildman–Crippen MR) is 119 cm³/mol. The van der Waals surface area contributed by atoms with Gasteiger partial charge in [-0.1, -0.05) is 31.4 Å². The number of hydrogen-bond acceptors (Lipinski definition) is 4. The van der Waals surface area contributed by atoms with E-state index in [0.717, 1.165) is 12.1 Å². The predicted octanol–water partition coefficient (Wildman–Crippen LogP) is 5.92. The van der Waals surface area contributed by atoms with E-state index in [-0.39, 0.29) is 24.0 Å². The number of halogens is 3. The molecular formula is C23H24F3N3O2. The normalized spacial score (nSPS) is 13.0. The van der Waals surface area contributed by atoms with Gasteiger partial charge in [-0.15, -0.1) is 0 Å². The van der Waals surface area contributed by atoms with Gasteiger partial charge in [-0.2, -0.15) is 18.2 Å². The zero-order valence-electron chi connectivity index (χ0n) is 17.6. The van der Waals surface area contributed by atoms with Crippen LogP contribution < -0.4 is 15.5 Å². The van der Waals surface area contributed by atoms with Crippen LogP contribution in [0.25, 0.3) is 16.7 Å². The van der Waals surface area contributed by atoms with Crippen LogP contribution >= 0.6 is 0 Å². The Balaban J connectivity index is 3.09. The van der Waals surface area contributed by atoms with E-state index in [1.54, 1.807) is 45.1 Å². The quantitative estimate of drug-likeness (QED) is 0.527. The van der Waals surface area contributed by atoms with Crippen molar-refractivity contribution in [1.82, 2.24) is 9.55 Å². The maximum Gasteiger partial charge on any atom is 0.417 e. The molecule has 8 heteroatoms. The molecule has 0 saturated heterocycles. The number of hydrogen-bond donors (Lipinski definition) is 1. The van der Waals surface area contributed by atoms with Gasteiger partial charge in [0.25, 0.3) is 0 Å². The zero-order valence-corrected chi connectivity index (χ0v) is 17.6. The molecule has 0 unspecified atom stereocenters. The van der Waals surface area contributed by atoms with Crippen molar-refractivity contribution >= 4 is 22.5 Å². The number of ether oxygens (including phenoxy) is 1. The van der Waals surface area contributed by atoms with Crippen molar-refractivity contribution in [3.63, 3.8) is 0 Å². The molecule has 2 aromatic heterocycles. The lowest BCUT2D eigenvalue weighted by atomic mass is 10.1. The van der Waals surface area contributed by atoms with Gasteiger partial charge in [-0.25, -0.2) is 0 Å². The third-order valence-corrected chi connectivity index (χ3v) is 4.22. The molecule has 0 spiro atoms. The van der Waals surface area contributed by atoms with Crippen molar-refractivity contribution < 1.29 is 17.9 Å². The third-order valence-electron chi connectivity index (χ3n) is 4.22. The van der Waals surface area contributed by atoms with Crippen LogP contribution in [0.3, 0.4) is 0 Å². The van der Waals surface area contributed by atoms with Gasteiger partial charge >= 0.3 is 6.18 Å². The molecule has 0 aliphatic rings. The van der Waals surface area contributed by atoms with Crippen molar-refractivity contribution in [2.45, 2.75) is 26.9 Å². The van der Waals surface area contributed by atoms with E-state index in [9.17, 15) is 18.0 Å². The second kappa shape index (κ2) is 9.97. The van der Waals surface area contributed by atoms with E-state index in [1.165, 1.54) is 16.7 Å². The van der Waals surface area contributed by atoms with Crippen LogP contribution in [0.4, 0.5) is 19.0 Å². The summed E-state index contributed by atoms with van der Waals surface area (Å²) in [6.45, 7) is 12.6. The number of rotatable bonds is 8. The average Bonchev–Trinajstić information content (AvgIpc) is 2.71. The lowest BCUT2D eigenvalue weighted by molar-refractivity contribution is -0.136. The van der Waals surface area contributed by atoms with Crippen LogP contribution in [0, 0.1) is 0 Å². The fraction of sp³-hybridized carbons (Fsp3) is 0.217. The number of aromatic nitrogens is 2. The van der Waals surface area contributed by atoms with Crippen LogP contribution in [-0.2, 0) is 6.18 Å². The van der Waals surface area contributed by atoms with Crippen molar-refractivity contribution in [1.29, 1.82) is 0 Å². The number of nitrogens with zero attached hydrogens (tertiary/aromatic N) is 2. The maximum atomic E-state index is 13.8. The van der Waals surface area contributed by atoms with Gasteiger partial charge in [-0.3, -0.25) is 9.36 Å². The minimum atomic E-state index is -4.77. The molecule has 0 amide bonds. The van der Waals surface area contributed by atoms with Crippen molar-refractivity contribution in [2.75, 3.05) is 11.9 Å². The molecule has 0 saturated carbocycles. The Bertz CT molecular complexity index is 1140. The van der Waals surface area contributed by atoms with Crippen molar-refractivity contribution in [2.24, 2.45) is 0 Å². The molecule has 2 rings (SSSR count). The monoisotopic (exact) mass is 431 g/mol. The number of fused-ring (bicyclic) bond motifs is 1. The first kappa shape index (κ1) is 23.7. The van der Waals surface area contributed by atoms with E-state index in [0.29, 0.717) is 11.4 Å². The van der Waals surface area contributed by atoms with E-state index < -0.39 is 22.6 Å². The molecule has 2 heterocycles. The molecular weight excluding hydrogens is 407 g/mol. The fourth-order valence-corrected chi connectivity index (χ4v) is 2.99. The Kier molecular flexibility index (Phi) is 7.63. The van der Waals surface area contributed by atoms with Crippen LogP contribution in [0.15, 0.2) is 72.2 Å². The number of allylic oxidation sites excluding steroid dienone is 7. The first-order valence-electron chi connectivity index (χ1n) is 9.54. The minimum absolute atomic E-state index is 0.117. The van der Waals surface area contributed by atoms with Crippen LogP contribution in [0.2, 0.25) is 0 Å². The second-order valence-electron chi connectivity index (χ2n) is 6.27. The first-order chi connectivity index (χ1) is 14.7. The van der Waals surface area contributed by atoms with E-state index >= 15 is 0 Å². The highest BCUT2D eigenvalue weighted by molar-refractivity contribution is 5.87. The molecule has 0 radical (unpaired) electrons. The lowest BCUT2D eigenvalue weighted by Gasteiger charge is -2.21. The lowest BCUT2D eigenvalue weighted by Crippen LogP contribution is -2.19. The standard InChI is InChI=1S/C23H24F3N3O2/c1-6-11-15(8-3)27-19-14-18(30)21-17(23(24,25)26)13-20(31-10-5)28-22(21)29(19)16(9-4)12-7-2/h6-9,11-14,27H,1,3,10H2,2,4-5H3/b12-7-,15-11+,16-9+. The highest BCUT2D eigenvalue weighted by Crippen LogP contribution is 2.36. The largest absolute Gasteiger partial charge is 0.478 e. The Hall–Kier alpha value is -3.55. The summed E-state index contributed by atoms with van der Waals surface area (Å²) in [7, 11) is 0. The van der Waals surface area contributed by atoms with E-state index in [1.807, 2.05) is 0 Å². The van der Waals surface area contributed by atoms with Gasteiger partial charge < -0.3 is 10.1 Å². The molecule has 1 N–H and O–H groups in total. The third kappa shape index (κ3) is 5.14. The molecule has 0 fully saturated rings. The van der Waals surface area contributed by atoms with Gasteiger partial charge in [0.15, 0.2) is 11.1 Å². The molecule has 0 bridgehead atoms. The minimum Gasteiger partial charge on any atom is -0.478 e. The highest BCUT2D eigenvalue weighted by Gasteiger charge is 2.36. The van der Waals surface area contributed by atoms with Gasteiger partial charge in [-0.05, 0) is 39.0 Å². The summed E-state index contributed by atoms with van der Waals surface area (Å²) in [5.74, 6) is -0.0138. The topological polar surface area (TPSA) is 56.1 Å². The van der Waals surface area contributed by atoms with Crippen molar-refractivity contribution in [3.05, 3.63) is 83.2 Å². The number of anilines is 1. The van der Waals surface area contributed by atoms with Gasteiger partial charge in [0.1, 0.15) is 5.82 Å². The summed E-state index contributed by atoms with van der Waals surface area (Å²) < 4.78 is 48.2. The Morgan fingerprint density at radius 1 is 1.29 bits per heavy atom. The zero-order chi connectivity index (χ0) is 23.2. The average molecular weight is 431 g/mol. The summed E-state index contributed by atoms with van der Waals surface area (Å²) in [4.78, 5) is 17.1. The number of pyridine rings is 2. The Labute approximate surface area is 178 Å². The van der Waals surface area contributed by atoms with E-state index in [4.69, 9.17) is 4.74 Å². The van der Waals surface area contributed by atoms with Crippen LogP contribution in [0.1, 0.15) is 26.3 Å². The van der Waals surface area contributed by atoms with Crippen molar-refractivity contribution in [3.8, 4) is 5.88 Å². The summed E-state index contributed by atoms with van der Waals surface area (Å²) in [5, 5.41) is 2.47. The molecule has 164 valence electrons. The molecule has 5 nitrogen and oxygen atoms in total. The Morgan fingerprint density at radius 3 is 2.52 bits per heavy atom. The molecule has 0 aliphatic heterocycles. The van der Waals surface area contributed by atoms with Crippen LogP contribution in [-0.4, -0.2) is 16.2 Å². The SMILES string of the molecule is C=C/C=C(\C=C)Nc1cc(=O)c2c(C(F)(F)F)cc(OCC)nc2n1C(/C=C\C)=C/C. The summed E-state index contributed by atoms with van der Waals surface area (Å²) in [6.07, 6.45) is 4.98. The van der Waals surface area contributed by atoms with Crippen LogP contribution in [0.5, 0.6) is 5.88 Å². The van der Waals surface area contributed by atoms with E-state index in [2.05, 4.69) is 23.5 Å². The second-order valence-corrected chi connectivity index (χ2v) is 6.27.